The first-order valence-electron chi connectivity index (χ1n) is 7.82. The molecule has 3 aromatic rings. The number of rotatable bonds is 6. The predicted molar refractivity (Wildman–Crippen MR) is 102 cm³/mol. The molecule has 0 aliphatic heterocycles. The van der Waals surface area contributed by atoms with Gasteiger partial charge in [-0.2, -0.15) is 0 Å². The van der Waals surface area contributed by atoms with Crippen molar-refractivity contribution in [3.8, 4) is 0 Å². The molecule has 1 aromatic heterocycles. The number of anilines is 1. The Hall–Kier alpha value is -2.55. The second-order valence-corrected chi connectivity index (χ2v) is 7.40. The zero-order chi connectivity index (χ0) is 18.7. The maximum absolute atomic E-state index is 12.3. The van der Waals surface area contributed by atoms with Gasteiger partial charge in [-0.15, -0.1) is 11.3 Å². The number of halogens is 1. The van der Waals surface area contributed by atoms with E-state index in [0.717, 1.165) is 20.1 Å². The number of amides is 1. The summed E-state index contributed by atoms with van der Waals surface area (Å²) in [5.41, 5.74) is 0.853. The Bertz CT molecular complexity index is 943. The minimum absolute atomic E-state index is 0.0975. The molecule has 134 valence electrons. The molecule has 1 amide bonds. The summed E-state index contributed by atoms with van der Waals surface area (Å²) in [5, 5.41) is 14.9. The van der Waals surface area contributed by atoms with Gasteiger partial charge in [-0.1, -0.05) is 23.7 Å². The molecule has 2 N–H and O–H groups in total. The first kappa shape index (κ1) is 18.2. The van der Waals surface area contributed by atoms with Crippen LogP contribution in [0.5, 0.6) is 0 Å². The monoisotopic (exact) mass is 391 g/mol. The lowest BCUT2D eigenvalue weighted by Crippen LogP contribution is -3.08. The standard InChI is InChI=1S/C17H15ClN4O3S/c1-21(10-17-20-12-4-2-3-5-15(12)26-17)9-16(23)19-13-8-11(18)6-7-14(13)22(24)25/h2-8H,9-10H2,1H3,(H,19,23)/p+1. The molecule has 0 aliphatic carbocycles. The molecule has 0 saturated carbocycles. The van der Waals surface area contributed by atoms with Crippen molar-refractivity contribution in [3.05, 3.63) is 62.6 Å². The van der Waals surface area contributed by atoms with Crippen LogP contribution in [-0.2, 0) is 11.3 Å². The van der Waals surface area contributed by atoms with Crippen LogP contribution >= 0.6 is 22.9 Å². The Morgan fingerprint density at radius 1 is 1.35 bits per heavy atom. The van der Waals surface area contributed by atoms with Crippen molar-refractivity contribution in [1.29, 1.82) is 0 Å². The maximum atomic E-state index is 12.3. The van der Waals surface area contributed by atoms with E-state index in [4.69, 9.17) is 11.6 Å². The molecule has 0 spiro atoms. The number of quaternary nitrogens is 1. The number of benzene rings is 2. The highest BCUT2D eigenvalue weighted by Crippen LogP contribution is 2.27. The van der Waals surface area contributed by atoms with Crippen LogP contribution in [-0.4, -0.2) is 29.4 Å². The summed E-state index contributed by atoms with van der Waals surface area (Å²) in [6.07, 6.45) is 0. The first-order valence-corrected chi connectivity index (χ1v) is 9.01. The van der Waals surface area contributed by atoms with Gasteiger partial charge in [0.15, 0.2) is 6.54 Å². The van der Waals surface area contributed by atoms with Gasteiger partial charge in [-0.25, -0.2) is 4.98 Å². The number of carbonyl (C=O) groups excluding carboxylic acids is 1. The third-order valence-electron chi connectivity index (χ3n) is 3.68. The molecule has 7 nitrogen and oxygen atoms in total. The normalized spacial score (nSPS) is 12.1. The Labute approximate surface area is 158 Å². The van der Waals surface area contributed by atoms with Crippen LogP contribution in [0.4, 0.5) is 11.4 Å². The van der Waals surface area contributed by atoms with Crippen LogP contribution in [0.15, 0.2) is 42.5 Å². The smallest absolute Gasteiger partial charge is 0.292 e. The van der Waals surface area contributed by atoms with E-state index in [-0.39, 0.29) is 23.8 Å². The fourth-order valence-corrected chi connectivity index (χ4v) is 3.81. The van der Waals surface area contributed by atoms with Crippen molar-refractivity contribution >= 4 is 50.4 Å². The number of thiazole rings is 1. The summed E-state index contributed by atoms with van der Waals surface area (Å²) >= 11 is 7.47. The van der Waals surface area contributed by atoms with Crippen LogP contribution in [0.2, 0.25) is 5.02 Å². The van der Waals surface area contributed by atoms with Crippen molar-refractivity contribution in [2.45, 2.75) is 6.54 Å². The molecule has 9 heteroatoms. The Kier molecular flexibility index (Phi) is 5.46. The highest BCUT2D eigenvalue weighted by Gasteiger charge is 2.19. The summed E-state index contributed by atoms with van der Waals surface area (Å²) < 4.78 is 1.11. The molecule has 26 heavy (non-hydrogen) atoms. The predicted octanol–water partition coefficient (Wildman–Crippen LogP) is 2.51. The fraction of sp³-hybridized carbons (Fsp3) is 0.176. The number of nitrogens with zero attached hydrogens (tertiary/aromatic N) is 2. The van der Waals surface area contributed by atoms with Crippen LogP contribution in [0.3, 0.4) is 0 Å². The number of fused-ring (bicyclic) bond motifs is 1. The van der Waals surface area contributed by atoms with Gasteiger partial charge in [0.1, 0.15) is 17.2 Å². The highest BCUT2D eigenvalue weighted by molar-refractivity contribution is 7.18. The minimum atomic E-state index is -0.552. The number of nitro benzene ring substituents is 1. The van der Waals surface area contributed by atoms with Crippen molar-refractivity contribution in [3.63, 3.8) is 0 Å². The third-order valence-corrected chi connectivity index (χ3v) is 4.95. The first-order chi connectivity index (χ1) is 12.4. The number of hydrogen-bond donors (Lipinski definition) is 2. The number of nitro groups is 1. The maximum Gasteiger partial charge on any atom is 0.292 e. The largest absolute Gasteiger partial charge is 0.324 e. The van der Waals surface area contributed by atoms with Crippen molar-refractivity contribution in [2.24, 2.45) is 0 Å². The van der Waals surface area contributed by atoms with E-state index in [1.54, 1.807) is 11.3 Å². The summed E-state index contributed by atoms with van der Waals surface area (Å²) in [4.78, 5) is 28.2. The van der Waals surface area contributed by atoms with Gasteiger partial charge >= 0.3 is 0 Å². The van der Waals surface area contributed by atoms with Gasteiger partial charge in [-0.05, 0) is 24.3 Å². The van der Waals surface area contributed by atoms with Crippen molar-refractivity contribution in [2.75, 3.05) is 18.9 Å². The molecule has 0 saturated heterocycles. The SMILES string of the molecule is C[NH+](CC(=O)Nc1cc(Cl)ccc1[N+](=O)[O-])Cc1nc2ccccc2s1. The number of likely N-dealkylation sites (N-methyl/N-ethyl adjacent to an activating group) is 1. The van der Waals surface area contributed by atoms with Gasteiger partial charge in [0.05, 0.1) is 22.2 Å². The molecule has 0 aliphatic rings. The molecule has 1 heterocycles. The fourth-order valence-electron chi connectivity index (χ4n) is 2.55. The van der Waals surface area contributed by atoms with E-state index < -0.39 is 4.92 Å². The zero-order valence-corrected chi connectivity index (χ0v) is 15.4. The molecule has 2 aromatic carbocycles. The second-order valence-electron chi connectivity index (χ2n) is 5.85. The molecule has 0 radical (unpaired) electrons. The van der Waals surface area contributed by atoms with E-state index in [9.17, 15) is 14.9 Å². The van der Waals surface area contributed by atoms with Crippen molar-refractivity contribution < 1.29 is 14.6 Å². The number of aromatic nitrogens is 1. The minimum Gasteiger partial charge on any atom is -0.324 e. The Morgan fingerprint density at radius 3 is 2.85 bits per heavy atom. The number of nitrogens with one attached hydrogen (secondary N) is 2. The summed E-state index contributed by atoms with van der Waals surface area (Å²) in [7, 11) is 1.87. The van der Waals surface area contributed by atoms with E-state index in [1.165, 1.54) is 18.2 Å². The molecule has 3 rings (SSSR count). The van der Waals surface area contributed by atoms with E-state index in [1.807, 2.05) is 31.3 Å². The van der Waals surface area contributed by atoms with Crippen LogP contribution in [0.1, 0.15) is 5.01 Å². The van der Waals surface area contributed by atoms with Crippen LogP contribution < -0.4 is 10.2 Å². The molecule has 1 unspecified atom stereocenters. The summed E-state index contributed by atoms with van der Waals surface area (Å²) in [6.45, 7) is 0.740. The number of carbonyl (C=O) groups is 1. The molecule has 1 atom stereocenters. The van der Waals surface area contributed by atoms with Gasteiger partial charge < -0.3 is 10.2 Å². The Balaban J connectivity index is 1.64. The summed E-state index contributed by atoms with van der Waals surface area (Å²) in [5.74, 6) is -0.325. The average molecular weight is 392 g/mol. The summed E-state index contributed by atoms with van der Waals surface area (Å²) in [6, 6.07) is 11.9. The molecular weight excluding hydrogens is 376 g/mol. The van der Waals surface area contributed by atoms with E-state index >= 15 is 0 Å². The number of para-hydroxylation sites is 1. The van der Waals surface area contributed by atoms with Crippen molar-refractivity contribution in [1.82, 2.24) is 4.98 Å². The number of hydrogen-bond acceptors (Lipinski definition) is 5. The lowest BCUT2D eigenvalue weighted by atomic mass is 10.2. The quantitative estimate of drug-likeness (QED) is 0.499. The lowest BCUT2D eigenvalue weighted by Gasteiger charge is -2.12. The van der Waals surface area contributed by atoms with E-state index in [2.05, 4.69) is 10.3 Å². The second kappa shape index (κ2) is 7.77. The Morgan fingerprint density at radius 2 is 2.12 bits per heavy atom. The van der Waals surface area contributed by atoms with Crippen LogP contribution in [0.25, 0.3) is 10.2 Å². The zero-order valence-electron chi connectivity index (χ0n) is 13.9. The molecular formula is C17H16ClN4O3S+. The van der Waals surface area contributed by atoms with Crippen LogP contribution in [0, 0.1) is 10.1 Å². The average Bonchev–Trinajstić information content (AvgIpc) is 2.96. The van der Waals surface area contributed by atoms with E-state index in [0.29, 0.717) is 11.6 Å². The van der Waals surface area contributed by atoms with Gasteiger partial charge in [-0.3, -0.25) is 14.9 Å². The molecule has 0 fully saturated rings. The van der Waals surface area contributed by atoms with Gasteiger partial charge in [0, 0.05) is 11.1 Å². The van der Waals surface area contributed by atoms with Gasteiger partial charge in [0.2, 0.25) is 0 Å². The third kappa shape index (κ3) is 4.34. The highest BCUT2D eigenvalue weighted by atomic mass is 35.5. The molecule has 0 bridgehead atoms. The van der Waals surface area contributed by atoms with Gasteiger partial charge in [0.25, 0.3) is 11.6 Å². The topological polar surface area (TPSA) is 89.6 Å². The lowest BCUT2D eigenvalue weighted by molar-refractivity contribution is -0.885.